The minimum absolute atomic E-state index is 0.955. The molecule has 0 fully saturated rings. The number of allylic oxidation sites excluding steroid dienone is 2. The van der Waals surface area contributed by atoms with E-state index in [0.29, 0.717) is 0 Å². The zero-order valence-corrected chi connectivity index (χ0v) is 11.5. The molecule has 1 N–H and O–H groups in total. The molecular formula is C16H13NO2S. The van der Waals surface area contributed by atoms with Gasteiger partial charge in [0.1, 0.15) is 17.8 Å². The number of para-hydroxylation sites is 2. The number of hydrogen-bond acceptors (Lipinski definition) is 4. The topological polar surface area (TPSA) is 30.5 Å². The van der Waals surface area contributed by atoms with Crippen molar-refractivity contribution in [2.75, 3.05) is 0 Å². The van der Waals surface area contributed by atoms with Crippen LogP contribution < -0.4 is 10.2 Å². The van der Waals surface area contributed by atoms with Crippen LogP contribution in [0.1, 0.15) is 0 Å². The van der Waals surface area contributed by atoms with Crippen molar-refractivity contribution in [2.24, 2.45) is 0 Å². The number of ether oxygens (including phenoxy) is 1. The Kier molecular flexibility index (Phi) is 3.94. The lowest BCUT2D eigenvalue weighted by Gasteiger charge is -2.18. The third kappa shape index (κ3) is 2.97. The second kappa shape index (κ2) is 6.21. The summed E-state index contributed by atoms with van der Waals surface area (Å²) in [4.78, 5) is 6.92. The first-order valence-electron chi connectivity index (χ1n) is 6.20. The molecule has 0 amide bonds. The van der Waals surface area contributed by atoms with Gasteiger partial charge in [-0.05, 0) is 36.4 Å². The molecule has 4 heteroatoms. The van der Waals surface area contributed by atoms with Gasteiger partial charge in [-0.2, -0.15) is 0 Å². The van der Waals surface area contributed by atoms with Crippen LogP contribution in [0, 0.1) is 0 Å². The maximum atomic E-state index is 5.76. The minimum atomic E-state index is 0.955. The molecule has 0 radical (unpaired) electrons. The van der Waals surface area contributed by atoms with Crippen LogP contribution in [0.25, 0.3) is 0 Å². The minimum Gasteiger partial charge on any atom is -0.455 e. The van der Waals surface area contributed by atoms with E-state index in [4.69, 9.17) is 4.74 Å². The first kappa shape index (κ1) is 12.7. The van der Waals surface area contributed by atoms with Crippen LogP contribution in [-0.2, 0) is 4.84 Å². The molecule has 100 valence electrons. The molecule has 0 aromatic heterocycles. The fraction of sp³-hybridized carbons (Fsp3) is 0. The summed E-state index contributed by atoms with van der Waals surface area (Å²) in [5, 5.41) is 0. The smallest absolute Gasteiger partial charge is 0.141 e. The van der Waals surface area contributed by atoms with Crippen LogP contribution in [0.3, 0.4) is 0 Å². The molecule has 0 bridgehead atoms. The Labute approximate surface area is 121 Å². The molecule has 0 unspecified atom stereocenters. The van der Waals surface area contributed by atoms with E-state index < -0.39 is 0 Å². The highest BCUT2D eigenvalue weighted by molar-refractivity contribution is 7.99. The van der Waals surface area contributed by atoms with E-state index in [1.165, 1.54) is 9.79 Å². The molecule has 2 aliphatic rings. The van der Waals surface area contributed by atoms with Gasteiger partial charge < -0.3 is 9.57 Å². The monoisotopic (exact) mass is 283 g/mol. The maximum Gasteiger partial charge on any atom is 0.141 e. The van der Waals surface area contributed by atoms with Crippen molar-refractivity contribution >= 4 is 11.8 Å². The summed E-state index contributed by atoms with van der Waals surface area (Å²) in [7, 11) is 0. The largest absolute Gasteiger partial charge is 0.455 e. The van der Waals surface area contributed by atoms with E-state index >= 15 is 0 Å². The van der Waals surface area contributed by atoms with Gasteiger partial charge in [-0.25, -0.2) is 5.48 Å². The quantitative estimate of drug-likeness (QED) is 0.658. The molecule has 0 saturated carbocycles. The van der Waals surface area contributed by atoms with Crippen molar-refractivity contribution in [2.45, 2.75) is 9.79 Å². The lowest BCUT2D eigenvalue weighted by molar-refractivity contribution is 0.172. The molecular weight excluding hydrogens is 270 g/mol. The maximum absolute atomic E-state index is 5.76. The van der Waals surface area contributed by atoms with Crippen LogP contribution in [0.2, 0.25) is 0 Å². The Morgan fingerprint density at radius 1 is 0.800 bits per heavy atom. The lowest BCUT2D eigenvalue weighted by atomic mass is 10.3. The van der Waals surface area contributed by atoms with Crippen LogP contribution in [0.5, 0.6) is 11.5 Å². The predicted octanol–water partition coefficient (Wildman–Crippen LogP) is 4.49. The highest BCUT2D eigenvalue weighted by Crippen LogP contribution is 2.46. The van der Waals surface area contributed by atoms with Gasteiger partial charge in [0.25, 0.3) is 0 Å². The van der Waals surface area contributed by atoms with Crippen molar-refractivity contribution in [3.05, 3.63) is 73.1 Å². The Morgan fingerprint density at radius 2 is 1.45 bits per heavy atom. The van der Waals surface area contributed by atoms with Gasteiger partial charge in [0, 0.05) is 6.20 Å². The molecule has 20 heavy (non-hydrogen) atoms. The van der Waals surface area contributed by atoms with Gasteiger partial charge in [-0.1, -0.05) is 36.0 Å². The third-order valence-corrected chi connectivity index (χ3v) is 3.74. The van der Waals surface area contributed by atoms with Gasteiger partial charge in [-0.15, -0.1) is 0 Å². The van der Waals surface area contributed by atoms with Gasteiger partial charge in [0.15, 0.2) is 0 Å². The molecule has 2 aromatic rings. The zero-order valence-electron chi connectivity index (χ0n) is 10.7. The van der Waals surface area contributed by atoms with E-state index in [-0.39, 0.29) is 0 Å². The van der Waals surface area contributed by atoms with Crippen LogP contribution in [-0.4, -0.2) is 0 Å². The lowest BCUT2D eigenvalue weighted by Crippen LogP contribution is -2.01. The molecule has 0 aliphatic carbocycles. The van der Waals surface area contributed by atoms with Crippen molar-refractivity contribution < 1.29 is 9.57 Å². The highest BCUT2D eigenvalue weighted by Gasteiger charge is 2.15. The Balaban J connectivity index is 0.000000170. The number of hydrogen-bond donors (Lipinski definition) is 1. The number of hydroxylamine groups is 1. The zero-order chi connectivity index (χ0) is 13.6. The van der Waals surface area contributed by atoms with Crippen molar-refractivity contribution in [1.82, 2.24) is 5.48 Å². The second-order valence-electron chi connectivity index (χ2n) is 4.02. The van der Waals surface area contributed by atoms with Gasteiger partial charge in [0.05, 0.1) is 9.79 Å². The van der Waals surface area contributed by atoms with Crippen LogP contribution in [0.15, 0.2) is 82.9 Å². The van der Waals surface area contributed by atoms with E-state index in [0.717, 1.165) is 11.5 Å². The standard InChI is InChI=1S/C12H8OS.C4H5NO/c1-3-7-11-9(5-1)13-10-6-2-4-8-12(10)14-11;1-2-4-6-5-3-1/h1-8H;1-5H. The molecule has 3 nitrogen and oxygen atoms in total. The number of fused-ring (bicyclic) bond motifs is 2. The van der Waals surface area contributed by atoms with Crippen molar-refractivity contribution in [3.8, 4) is 11.5 Å². The number of benzene rings is 2. The second-order valence-corrected chi connectivity index (χ2v) is 5.10. The number of nitrogens with one attached hydrogen (secondary N) is 1. The summed E-state index contributed by atoms with van der Waals surface area (Å²) in [6.45, 7) is 0. The Morgan fingerprint density at radius 3 is 1.90 bits per heavy atom. The summed E-state index contributed by atoms with van der Waals surface area (Å²) in [5.41, 5.74) is 2.52. The summed E-state index contributed by atoms with van der Waals surface area (Å²) in [5.74, 6) is 1.91. The first-order chi connectivity index (χ1) is 9.93. The van der Waals surface area contributed by atoms with Gasteiger partial charge in [0.2, 0.25) is 0 Å². The summed E-state index contributed by atoms with van der Waals surface area (Å²) in [6.07, 6.45) is 6.93. The Bertz CT molecular complexity index is 553. The van der Waals surface area contributed by atoms with E-state index in [1.54, 1.807) is 30.3 Å². The first-order valence-corrected chi connectivity index (χ1v) is 7.02. The average molecular weight is 283 g/mol. The molecule has 4 rings (SSSR count). The number of rotatable bonds is 0. The average Bonchev–Trinajstić information content (AvgIpc) is 2.55. The summed E-state index contributed by atoms with van der Waals surface area (Å²) >= 11 is 1.76. The molecule has 2 aromatic carbocycles. The highest BCUT2D eigenvalue weighted by atomic mass is 32.2. The Hall–Kier alpha value is -2.33. The van der Waals surface area contributed by atoms with Gasteiger partial charge >= 0.3 is 0 Å². The third-order valence-electron chi connectivity index (χ3n) is 2.63. The van der Waals surface area contributed by atoms with E-state index in [2.05, 4.69) is 22.5 Å². The normalized spacial score (nSPS) is 13.6. The molecule has 2 aliphatic heterocycles. The SMILES string of the molecule is C1=CNOC=C1.c1ccc2c(c1)Oc1ccccc1S2. The predicted molar refractivity (Wildman–Crippen MR) is 79.6 cm³/mol. The van der Waals surface area contributed by atoms with E-state index in [1.807, 2.05) is 42.5 Å². The fourth-order valence-electron chi connectivity index (χ4n) is 1.73. The van der Waals surface area contributed by atoms with Gasteiger partial charge in [-0.3, -0.25) is 0 Å². The van der Waals surface area contributed by atoms with E-state index in [9.17, 15) is 0 Å². The van der Waals surface area contributed by atoms with Crippen molar-refractivity contribution in [3.63, 3.8) is 0 Å². The molecule has 2 heterocycles. The van der Waals surface area contributed by atoms with Crippen LogP contribution in [0.4, 0.5) is 0 Å². The molecule has 0 spiro atoms. The van der Waals surface area contributed by atoms with Crippen molar-refractivity contribution in [1.29, 1.82) is 0 Å². The van der Waals surface area contributed by atoms with Crippen LogP contribution >= 0.6 is 11.8 Å². The fourth-order valence-corrected chi connectivity index (χ4v) is 2.68. The summed E-state index contributed by atoms with van der Waals surface area (Å²) < 4.78 is 5.76. The summed E-state index contributed by atoms with van der Waals surface area (Å²) in [6, 6.07) is 16.2. The molecule has 0 atom stereocenters. The molecule has 0 saturated heterocycles.